The van der Waals surface area contributed by atoms with Gasteiger partial charge in [-0.05, 0) is 42.8 Å². The van der Waals surface area contributed by atoms with Crippen molar-refractivity contribution in [3.8, 4) is 0 Å². The molecule has 0 radical (unpaired) electrons. The first kappa shape index (κ1) is 36.8. The van der Waals surface area contributed by atoms with E-state index in [4.69, 9.17) is 29.0 Å². The average Bonchev–Trinajstić information content (AvgIpc) is 3.84. The molecule has 51 heavy (non-hydrogen) atoms. The standard InChI is InChI=1S/C31H38N7O11PS/c32-28-27-29(34-17-33-28)38(18-35-27)25-13-20(40)23(48-25)16-46-50(44,51-12-6-2-5-11-45-30(42)19-7-3-1-4-8-19)49-21-14-26(47-22(21)15-39)37-10-9-24(41)36-31(37)43/h1,3-4,7-10,17-18,20-23,25-26,39-40H,2,5-6,11-16H2,(H2,32,33,34)(H,36,41,43)/t20-,21-,22?,23-,25-,26-,50?/m1/s1. The van der Waals surface area contributed by atoms with Crippen LogP contribution in [-0.4, -0.2) is 95.2 Å². The van der Waals surface area contributed by atoms with E-state index in [0.29, 0.717) is 41.7 Å². The van der Waals surface area contributed by atoms with Crippen LogP contribution in [0.4, 0.5) is 5.82 Å². The second-order valence-corrected chi connectivity index (χ2v) is 16.0. The van der Waals surface area contributed by atoms with Crippen LogP contribution in [0.2, 0.25) is 0 Å². The van der Waals surface area contributed by atoms with Gasteiger partial charge < -0.3 is 30.2 Å². The number of hydrogen-bond acceptors (Lipinski definition) is 16. The maximum atomic E-state index is 14.3. The first-order valence-electron chi connectivity index (χ1n) is 16.3. The van der Waals surface area contributed by atoms with Crippen molar-refractivity contribution in [2.75, 3.05) is 31.3 Å². The SMILES string of the molecule is Nc1ncnc2c1ncn2[C@H]1C[C@@H](O)[C@@H](COP(=O)(O[C@@H]2C[C@H](n3ccc(=O)[nH]c3=O)OC2CO)SCCCCCOC(=O)c2ccccc2)O1. The number of aromatic nitrogens is 6. The summed E-state index contributed by atoms with van der Waals surface area (Å²) in [6.07, 6.45) is 0.622. The molecular formula is C31H38N7O11PS. The molecule has 18 nitrogen and oxygen atoms in total. The molecule has 1 aromatic carbocycles. The van der Waals surface area contributed by atoms with E-state index < -0.39 is 67.5 Å². The van der Waals surface area contributed by atoms with Crippen molar-refractivity contribution in [2.45, 2.75) is 69.0 Å². The van der Waals surface area contributed by atoms with E-state index in [0.717, 1.165) is 22.0 Å². The third kappa shape index (κ3) is 8.93. The first-order valence-corrected chi connectivity index (χ1v) is 19.4. The van der Waals surface area contributed by atoms with Gasteiger partial charge in [-0.2, -0.15) is 0 Å². The fraction of sp³-hybridized carbons (Fsp3) is 0.484. The predicted octanol–water partition coefficient (Wildman–Crippen LogP) is 2.16. The van der Waals surface area contributed by atoms with Gasteiger partial charge in [0.1, 0.15) is 42.6 Å². The van der Waals surface area contributed by atoms with Crippen LogP contribution in [-0.2, 0) is 27.8 Å². The molecule has 0 saturated carbocycles. The Morgan fingerprint density at radius 1 is 1.04 bits per heavy atom. The summed E-state index contributed by atoms with van der Waals surface area (Å²) >= 11 is 0.940. The summed E-state index contributed by atoms with van der Waals surface area (Å²) in [5.41, 5.74) is 5.89. The number of carbonyl (C=O) groups excluding carboxylic acids is 1. The number of unbranched alkanes of at least 4 members (excludes halogenated alkanes) is 2. The van der Waals surface area contributed by atoms with Gasteiger partial charge in [-0.3, -0.25) is 28.0 Å². The number of anilines is 1. The van der Waals surface area contributed by atoms with Crippen LogP contribution in [0.1, 0.15) is 54.9 Å². The lowest BCUT2D eigenvalue weighted by Gasteiger charge is -2.25. The molecule has 6 rings (SSSR count). The van der Waals surface area contributed by atoms with Crippen LogP contribution in [0.15, 0.2) is 64.8 Å². The van der Waals surface area contributed by atoms with Crippen LogP contribution in [0.25, 0.3) is 11.2 Å². The molecule has 0 amide bonds. The van der Waals surface area contributed by atoms with Crippen LogP contribution in [0.3, 0.4) is 0 Å². The number of benzene rings is 1. The molecule has 5 heterocycles. The Labute approximate surface area is 294 Å². The van der Waals surface area contributed by atoms with Gasteiger partial charge >= 0.3 is 18.5 Å². The fourth-order valence-corrected chi connectivity index (χ4v) is 9.34. The number of fused-ring (bicyclic) bond motifs is 1. The van der Waals surface area contributed by atoms with Gasteiger partial charge in [0, 0.05) is 30.9 Å². The van der Waals surface area contributed by atoms with Crippen LogP contribution in [0, 0.1) is 0 Å². The van der Waals surface area contributed by atoms with E-state index in [2.05, 4.69) is 19.9 Å². The van der Waals surface area contributed by atoms with Crippen LogP contribution in [0.5, 0.6) is 0 Å². The molecule has 2 fully saturated rings. The van der Waals surface area contributed by atoms with E-state index in [-0.39, 0.29) is 31.9 Å². The Bertz CT molecular complexity index is 1960. The van der Waals surface area contributed by atoms with Crippen molar-refractivity contribution in [1.29, 1.82) is 0 Å². The van der Waals surface area contributed by atoms with Crippen molar-refractivity contribution in [2.24, 2.45) is 0 Å². The smallest absolute Gasteiger partial charge is 0.389 e. The Kier molecular flexibility index (Phi) is 12.0. The van der Waals surface area contributed by atoms with Gasteiger partial charge in [0.25, 0.3) is 5.56 Å². The summed E-state index contributed by atoms with van der Waals surface area (Å²) in [6.45, 7) is -4.62. The Hall–Kier alpha value is -3.94. The zero-order valence-corrected chi connectivity index (χ0v) is 29.0. The summed E-state index contributed by atoms with van der Waals surface area (Å²) in [5, 5.41) is 20.9. The minimum Gasteiger partial charge on any atom is -0.462 e. The second kappa shape index (κ2) is 16.6. The molecule has 2 saturated heterocycles. The molecule has 274 valence electrons. The Morgan fingerprint density at radius 3 is 2.61 bits per heavy atom. The molecule has 5 N–H and O–H groups in total. The molecule has 7 atom stereocenters. The zero-order valence-electron chi connectivity index (χ0n) is 27.3. The fourth-order valence-electron chi connectivity index (χ4n) is 5.73. The number of imidazole rings is 1. The van der Waals surface area contributed by atoms with Crippen LogP contribution >= 0.6 is 18.2 Å². The minimum atomic E-state index is -4.03. The lowest BCUT2D eigenvalue weighted by atomic mass is 10.2. The number of carbonyl (C=O) groups is 1. The molecule has 20 heteroatoms. The Balaban J connectivity index is 1.08. The number of aliphatic hydroxyl groups is 2. The number of nitrogens with zero attached hydrogens (tertiary/aromatic N) is 5. The molecule has 2 unspecified atom stereocenters. The van der Waals surface area contributed by atoms with E-state index in [9.17, 15) is 29.2 Å². The summed E-state index contributed by atoms with van der Waals surface area (Å²) in [6, 6.07) is 9.83. The van der Waals surface area contributed by atoms with Crippen molar-refractivity contribution < 1.29 is 42.8 Å². The predicted molar refractivity (Wildman–Crippen MR) is 183 cm³/mol. The van der Waals surface area contributed by atoms with Gasteiger partial charge in [0.2, 0.25) is 0 Å². The van der Waals surface area contributed by atoms with Gasteiger partial charge in [-0.25, -0.2) is 29.1 Å². The Morgan fingerprint density at radius 2 is 1.82 bits per heavy atom. The molecule has 2 aliphatic heterocycles. The van der Waals surface area contributed by atoms with Gasteiger partial charge in [0.05, 0.1) is 37.8 Å². The maximum absolute atomic E-state index is 14.3. The van der Waals surface area contributed by atoms with E-state index in [1.165, 1.54) is 18.9 Å². The number of aromatic amines is 1. The van der Waals surface area contributed by atoms with Gasteiger partial charge in [0.15, 0.2) is 11.5 Å². The van der Waals surface area contributed by atoms with Crippen molar-refractivity contribution in [3.63, 3.8) is 0 Å². The topological polar surface area (TPSA) is 245 Å². The highest BCUT2D eigenvalue weighted by atomic mass is 32.7. The number of rotatable bonds is 16. The van der Waals surface area contributed by atoms with Crippen molar-refractivity contribution in [3.05, 3.63) is 81.7 Å². The number of nitrogens with one attached hydrogen (secondary N) is 1. The number of H-pyrrole nitrogens is 1. The average molecular weight is 748 g/mol. The summed E-state index contributed by atoms with van der Waals surface area (Å²) in [5.74, 6) is 0.126. The van der Waals surface area contributed by atoms with E-state index in [1.807, 2.05) is 6.07 Å². The van der Waals surface area contributed by atoms with Gasteiger partial charge in [-0.15, -0.1) is 0 Å². The highest BCUT2D eigenvalue weighted by molar-refractivity contribution is 8.55. The third-order valence-electron chi connectivity index (χ3n) is 8.37. The third-order valence-corrected chi connectivity index (χ3v) is 12.2. The van der Waals surface area contributed by atoms with Crippen LogP contribution < -0.4 is 17.0 Å². The molecular weight excluding hydrogens is 709 g/mol. The summed E-state index contributed by atoms with van der Waals surface area (Å²) in [7, 11) is 0. The minimum absolute atomic E-state index is 0.0151. The number of hydrogen-bond donors (Lipinski definition) is 4. The van der Waals surface area contributed by atoms with Crippen molar-refractivity contribution in [1.82, 2.24) is 29.1 Å². The number of ether oxygens (including phenoxy) is 3. The molecule has 0 spiro atoms. The van der Waals surface area contributed by atoms with E-state index >= 15 is 0 Å². The quantitative estimate of drug-likeness (QED) is 0.0729. The highest BCUT2D eigenvalue weighted by Crippen LogP contribution is 2.63. The number of aliphatic hydroxyl groups excluding tert-OH is 2. The molecule has 3 aromatic heterocycles. The highest BCUT2D eigenvalue weighted by Gasteiger charge is 2.44. The monoisotopic (exact) mass is 747 g/mol. The molecule has 2 aliphatic rings. The van der Waals surface area contributed by atoms with Crippen molar-refractivity contribution >= 4 is 41.1 Å². The molecule has 0 aliphatic carbocycles. The normalized spacial score (nSPS) is 24.5. The first-order chi connectivity index (χ1) is 24.6. The van der Waals surface area contributed by atoms with E-state index in [1.54, 1.807) is 28.8 Å². The summed E-state index contributed by atoms with van der Waals surface area (Å²) in [4.78, 5) is 50.7. The largest absolute Gasteiger partial charge is 0.462 e. The number of nitrogen functional groups attached to an aromatic ring is 1. The number of esters is 1. The maximum Gasteiger partial charge on any atom is 0.389 e. The number of nitrogens with two attached hydrogens (primary N) is 1. The van der Waals surface area contributed by atoms with Gasteiger partial charge in [-0.1, -0.05) is 18.2 Å². The summed E-state index contributed by atoms with van der Waals surface area (Å²) < 4.78 is 46.3. The molecule has 0 bridgehead atoms. The second-order valence-electron chi connectivity index (χ2n) is 11.9. The lowest BCUT2D eigenvalue weighted by Crippen LogP contribution is -2.31. The molecule has 4 aromatic rings. The zero-order chi connectivity index (χ0) is 36.0. The lowest BCUT2D eigenvalue weighted by molar-refractivity contribution is -0.0498.